The predicted molar refractivity (Wildman–Crippen MR) is 127 cm³/mol. The van der Waals surface area contributed by atoms with Crippen molar-refractivity contribution in [1.82, 2.24) is 20.2 Å². The number of anilines is 1. The summed E-state index contributed by atoms with van der Waals surface area (Å²) in [5, 5.41) is 6.04. The molecule has 0 radical (unpaired) electrons. The molecule has 34 heavy (non-hydrogen) atoms. The highest BCUT2D eigenvalue weighted by Gasteiger charge is 2.32. The molecule has 0 unspecified atom stereocenters. The summed E-state index contributed by atoms with van der Waals surface area (Å²) in [6.45, 7) is 4.43. The predicted octanol–water partition coefficient (Wildman–Crippen LogP) is 3.33. The van der Waals surface area contributed by atoms with Crippen molar-refractivity contribution in [2.75, 3.05) is 24.5 Å². The third kappa shape index (κ3) is 5.99. The molecule has 2 amide bonds. The molecule has 2 aromatic carbocycles. The Bertz CT molecular complexity index is 1120. The van der Waals surface area contributed by atoms with Gasteiger partial charge in [0.2, 0.25) is 5.91 Å². The maximum Gasteiger partial charge on any atom is 0.414 e. The summed E-state index contributed by atoms with van der Waals surface area (Å²) < 4.78 is 22.2. The van der Waals surface area contributed by atoms with Crippen LogP contribution in [0.1, 0.15) is 18.9 Å². The molecule has 0 saturated carbocycles. The molecule has 1 fully saturated rings. The first-order valence-corrected chi connectivity index (χ1v) is 11.3. The van der Waals surface area contributed by atoms with E-state index in [1.165, 1.54) is 17.9 Å². The Morgan fingerprint density at radius 3 is 2.76 bits per heavy atom. The standard InChI is InChI=1S/C25H28FN5O3/c1-18(32)29-15-22-16-31(25(33)34-22)21-7-8-23(24(26)13-21)20-5-3-19(4-6-20)14-27-9-2-11-30-12-10-28-17-30/h3-8,10,12-13,17,22,27H,2,9,11,14-16H2,1H3,(H,29,32)/t22-/m0/s1. The zero-order valence-electron chi connectivity index (χ0n) is 19.0. The third-order valence-corrected chi connectivity index (χ3v) is 5.64. The molecule has 0 spiro atoms. The fraction of sp³-hybridized carbons (Fsp3) is 0.320. The van der Waals surface area contributed by atoms with Gasteiger partial charge in [0.25, 0.3) is 0 Å². The number of cyclic esters (lactones) is 1. The van der Waals surface area contributed by atoms with Gasteiger partial charge in [0.05, 0.1) is 25.1 Å². The van der Waals surface area contributed by atoms with E-state index in [4.69, 9.17) is 4.74 Å². The number of benzene rings is 2. The number of hydrogen-bond donors (Lipinski definition) is 2. The molecular formula is C25H28FN5O3. The van der Waals surface area contributed by atoms with Crippen LogP contribution in [0.4, 0.5) is 14.9 Å². The summed E-state index contributed by atoms with van der Waals surface area (Å²) in [4.78, 5) is 28.7. The van der Waals surface area contributed by atoms with Crippen LogP contribution >= 0.6 is 0 Å². The number of rotatable bonds is 10. The van der Waals surface area contributed by atoms with Gasteiger partial charge in [-0.1, -0.05) is 24.3 Å². The normalized spacial score (nSPS) is 15.4. The van der Waals surface area contributed by atoms with Crippen molar-refractivity contribution in [2.24, 2.45) is 0 Å². The number of nitrogens with zero attached hydrogens (tertiary/aromatic N) is 3. The van der Waals surface area contributed by atoms with E-state index in [0.717, 1.165) is 37.2 Å². The number of imidazole rings is 1. The second kappa shape index (κ2) is 10.9. The highest BCUT2D eigenvalue weighted by atomic mass is 19.1. The summed E-state index contributed by atoms with van der Waals surface area (Å²) >= 11 is 0. The van der Waals surface area contributed by atoms with Crippen LogP contribution in [-0.4, -0.2) is 47.3 Å². The largest absolute Gasteiger partial charge is 0.442 e. The van der Waals surface area contributed by atoms with Gasteiger partial charge in [0, 0.05) is 38.0 Å². The van der Waals surface area contributed by atoms with Crippen molar-refractivity contribution in [3.63, 3.8) is 0 Å². The lowest BCUT2D eigenvalue weighted by Gasteiger charge is -2.15. The molecule has 2 heterocycles. The highest BCUT2D eigenvalue weighted by Crippen LogP contribution is 2.29. The van der Waals surface area contributed by atoms with Gasteiger partial charge in [-0.2, -0.15) is 0 Å². The monoisotopic (exact) mass is 465 g/mol. The topological polar surface area (TPSA) is 88.5 Å². The van der Waals surface area contributed by atoms with Gasteiger partial charge in [-0.15, -0.1) is 0 Å². The van der Waals surface area contributed by atoms with Crippen LogP contribution in [0.15, 0.2) is 61.2 Å². The summed E-state index contributed by atoms with van der Waals surface area (Å²) in [5.74, 6) is -0.613. The van der Waals surface area contributed by atoms with Crippen LogP contribution in [-0.2, 0) is 22.6 Å². The molecule has 2 N–H and O–H groups in total. The number of ether oxygens (including phenoxy) is 1. The molecule has 1 atom stereocenters. The lowest BCUT2D eigenvalue weighted by Crippen LogP contribution is -2.33. The number of halogens is 1. The van der Waals surface area contributed by atoms with Gasteiger partial charge >= 0.3 is 6.09 Å². The number of carbonyl (C=O) groups is 2. The fourth-order valence-corrected chi connectivity index (χ4v) is 3.84. The van der Waals surface area contributed by atoms with Crippen LogP contribution in [0.25, 0.3) is 11.1 Å². The number of hydrogen-bond acceptors (Lipinski definition) is 5. The molecule has 1 saturated heterocycles. The molecule has 1 aliphatic rings. The van der Waals surface area contributed by atoms with Gasteiger partial charge in [0.15, 0.2) is 0 Å². The molecule has 0 aliphatic carbocycles. The lowest BCUT2D eigenvalue weighted by atomic mass is 10.0. The Morgan fingerprint density at radius 2 is 2.06 bits per heavy atom. The minimum Gasteiger partial charge on any atom is -0.442 e. The zero-order valence-corrected chi connectivity index (χ0v) is 19.0. The second-order valence-corrected chi connectivity index (χ2v) is 8.25. The van der Waals surface area contributed by atoms with E-state index in [9.17, 15) is 14.0 Å². The van der Waals surface area contributed by atoms with E-state index < -0.39 is 18.0 Å². The van der Waals surface area contributed by atoms with Gasteiger partial charge in [-0.25, -0.2) is 14.2 Å². The molecular weight excluding hydrogens is 437 g/mol. The van der Waals surface area contributed by atoms with Crippen LogP contribution in [0.3, 0.4) is 0 Å². The van der Waals surface area contributed by atoms with Crippen molar-refractivity contribution >= 4 is 17.7 Å². The van der Waals surface area contributed by atoms with Crippen LogP contribution in [0.5, 0.6) is 0 Å². The molecule has 1 aliphatic heterocycles. The molecule has 9 heteroatoms. The molecule has 4 rings (SSSR count). The van der Waals surface area contributed by atoms with Crippen LogP contribution in [0, 0.1) is 5.82 Å². The van der Waals surface area contributed by atoms with Gasteiger partial charge in [-0.05, 0) is 42.3 Å². The SMILES string of the molecule is CC(=O)NC[C@H]1CN(c2ccc(-c3ccc(CNCCCn4ccnc4)cc3)c(F)c2)C(=O)O1. The van der Waals surface area contributed by atoms with E-state index in [1.54, 1.807) is 18.3 Å². The van der Waals surface area contributed by atoms with Crippen molar-refractivity contribution < 1.29 is 18.7 Å². The van der Waals surface area contributed by atoms with Gasteiger partial charge in [-0.3, -0.25) is 9.69 Å². The average Bonchev–Trinajstić information content (AvgIpc) is 3.47. The molecule has 0 bridgehead atoms. The first-order valence-electron chi connectivity index (χ1n) is 11.3. The van der Waals surface area contributed by atoms with E-state index in [-0.39, 0.29) is 19.0 Å². The van der Waals surface area contributed by atoms with Crippen LogP contribution in [0.2, 0.25) is 0 Å². The quantitative estimate of drug-likeness (QED) is 0.449. The Hall–Kier alpha value is -3.72. The van der Waals surface area contributed by atoms with E-state index in [1.807, 2.05) is 41.4 Å². The molecule has 8 nitrogen and oxygen atoms in total. The fourth-order valence-electron chi connectivity index (χ4n) is 3.84. The first-order chi connectivity index (χ1) is 16.5. The number of aryl methyl sites for hydroxylation is 1. The summed E-state index contributed by atoms with van der Waals surface area (Å²) in [7, 11) is 0. The maximum absolute atomic E-state index is 14.9. The Labute approximate surface area is 197 Å². The average molecular weight is 466 g/mol. The lowest BCUT2D eigenvalue weighted by molar-refractivity contribution is -0.119. The minimum atomic E-state index is -0.551. The summed E-state index contributed by atoms with van der Waals surface area (Å²) in [6.07, 6.45) is 5.52. The molecule has 178 valence electrons. The maximum atomic E-state index is 14.9. The smallest absolute Gasteiger partial charge is 0.414 e. The zero-order chi connectivity index (χ0) is 23.9. The number of amides is 2. The van der Waals surface area contributed by atoms with Crippen LogP contribution < -0.4 is 15.5 Å². The molecule has 1 aromatic heterocycles. The Kier molecular flexibility index (Phi) is 7.54. The van der Waals surface area contributed by atoms with Gasteiger partial charge < -0.3 is 19.9 Å². The van der Waals surface area contributed by atoms with Gasteiger partial charge in [0.1, 0.15) is 11.9 Å². The minimum absolute atomic E-state index is 0.197. The third-order valence-electron chi connectivity index (χ3n) is 5.64. The summed E-state index contributed by atoms with van der Waals surface area (Å²) in [6, 6.07) is 12.5. The number of carbonyl (C=O) groups excluding carboxylic acids is 2. The Balaban J connectivity index is 1.31. The molecule has 3 aromatic rings. The van der Waals surface area contributed by atoms with Crippen molar-refractivity contribution in [3.05, 3.63) is 72.6 Å². The van der Waals surface area contributed by atoms with Crippen molar-refractivity contribution in [2.45, 2.75) is 32.5 Å². The highest BCUT2D eigenvalue weighted by molar-refractivity contribution is 5.90. The first kappa shape index (κ1) is 23.4. The Morgan fingerprint density at radius 1 is 1.24 bits per heavy atom. The van der Waals surface area contributed by atoms with E-state index in [0.29, 0.717) is 11.3 Å². The van der Waals surface area contributed by atoms with E-state index in [2.05, 4.69) is 15.6 Å². The number of nitrogens with one attached hydrogen (secondary N) is 2. The number of aromatic nitrogens is 2. The summed E-state index contributed by atoms with van der Waals surface area (Å²) in [5.41, 5.74) is 2.77. The second-order valence-electron chi connectivity index (χ2n) is 8.25. The van der Waals surface area contributed by atoms with E-state index >= 15 is 0 Å². The van der Waals surface area contributed by atoms with Crippen molar-refractivity contribution in [1.29, 1.82) is 0 Å². The van der Waals surface area contributed by atoms with Crippen molar-refractivity contribution in [3.8, 4) is 11.1 Å².